The molecule has 14 heavy (non-hydrogen) atoms. The minimum absolute atomic E-state index is 0.198. The second-order valence-electron chi connectivity index (χ2n) is 3.03. The molecule has 1 aliphatic heterocycles. The summed E-state index contributed by atoms with van der Waals surface area (Å²) in [6.07, 6.45) is 0.912. The minimum Gasteiger partial charge on any atom is -0.490 e. The third-order valence-corrected chi connectivity index (χ3v) is 1.93. The number of fused-ring (bicyclic) bond motifs is 1. The van der Waals surface area contributed by atoms with Crippen molar-refractivity contribution in [2.75, 3.05) is 6.61 Å². The fraction of sp³-hybridized carbons (Fsp3) is 0.300. The van der Waals surface area contributed by atoms with Crippen molar-refractivity contribution in [3.63, 3.8) is 0 Å². The summed E-state index contributed by atoms with van der Waals surface area (Å²) in [7, 11) is 0. The molecule has 2 rings (SSSR count). The van der Waals surface area contributed by atoms with E-state index in [4.69, 9.17) is 14.6 Å². The van der Waals surface area contributed by atoms with E-state index in [1.54, 1.807) is 6.07 Å². The predicted octanol–water partition coefficient (Wildman–Crippen LogP) is 2.28. The van der Waals surface area contributed by atoms with Crippen LogP contribution in [0.15, 0.2) is 12.1 Å². The van der Waals surface area contributed by atoms with Gasteiger partial charge in [-0.25, -0.2) is 4.79 Å². The summed E-state index contributed by atoms with van der Waals surface area (Å²) < 4.78 is 10.4. The summed E-state index contributed by atoms with van der Waals surface area (Å²) in [5.74, 6) is 0.664. The van der Waals surface area contributed by atoms with Crippen molar-refractivity contribution >= 4 is 5.97 Å². The zero-order chi connectivity index (χ0) is 10.1. The topological polar surface area (TPSA) is 59.1 Å². The van der Waals surface area contributed by atoms with E-state index in [-0.39, 0.29) is 5.56 Å². The van der Waals surface area contributed by atoms with Crippen molar-refractivity contribution < 1.29 is 19.4 Å². The van der Waals surface area contributed by atoms with Crippen LogP contribution in [0.1, 0.15) is 23.7 Å². The van der Waals surface area contributed by atoms with E-state index in [0.717, 1.165) is 6.42 Å². The minimum atomic E-state index is -0.971. The Kier molecular flexibility index (Phi) is 2.04. The van der Waals surface area contributed by atoms with Crippen LogP contribution in [0.2, 0.25) is 0 Å². The van der Waals surface area contributed by atoms with Gasteiger partial charge in [0.2, 0.25) is 5.75 Å². The van der Waals surface area contributed by atoms with E-state index in [1.165, 1.54) is 6.07 Å². The zero-order valence-electron chi connectivity index (χ0n) is 7.74. The molecule has 0 spiro atoms. The Balaban J connectivity index is 2.21. The van der Waals surface area contributed by atoms with Crippen LogP contribution in [0.3, 0.4) is 0 Å². The van der Waals surface area contributed by atoms with Gasteiger partial charge in [0.1, 0.15) is 5.56 Å². The standard InChI is InChI=1S/C10H10O4/c1-2-5-13-7-4-3-6(10(11)12)8-9(7)14-8/h3-4H,2,5H2,1H3,(H,11,12). The number of carboxylic acids is 1. The van der Waals surface area contributed by atoms with Crippen LogP contribution in [-0.4, -0.2) is 17.7 Å². The lowest BCUT2D eigenvalue weighted by Gasteiger charge is -2.00. The molecule has 1 aliphatic rings. The summed E-state index contributed by atoms with van der Waals surface area (Å²) in [4.78, 5) is 10.7. The van der Waals surface area contributed by atoms with Crippen molar-refractivity contribution in [1.82, 2.24) is 0 Å². The molecule has 0 bridgehead atoms. The highest BCUT2D eigenvalue weighted by molar-refractivity contribution is 5.95. The van der Waals surface area contributed by atoms with Gasteiger partial charge >= 0.3 is 5.97 Å². The second kappa shape index (κ2) is 3.21. The van der Waals surface area contributed by atoms with Gasteiger partial charge in [-0.05, 0) is 18.6 Å². The first-order valence-electron chi connectivity index (χ1n) is 4.45. The number of aromatic carboxylic acids is 1. The molecule has 0 unspecified atom stereocenters. The molecule has 4 heteroatoms. The first kappa shape index (κ1) is 8.87. The SMILES string of the molecule is CCCOc1ccc(C(=O)O)c2c1O2. The van der Waals surface area contributed by atoms with Gasteiger partial charge in [-0.2, -0.15) is 0 Å². The summed E-state index contributed by atoms with van der Waals surface area (Å²) >= 11 is 0. The van der Waals surface area contributed by atoms with E-state index < -0.39 is 5.97 Å². The molecule has 4 nitrogen and oxygen atoms in total. The van der Waals surface area contributed by atoms with Crippen LogP contribution in [0.5, 0.6) is 17.2 Å². The summed E-state index contributed by atoms with van der Waals surface area (Å²) in [6.45, 7) is 2.62. The Morgan fingerprint density at radius 1 is 1.50 bits per heavy atom. The Bertz CT molecular complexity index is 384. The van der Waals surface area contributed by atoms with Gasteiger partial charge in [-0.1, -0.05) is 6.92 Å². The Morgan fingerprint density at radius 3 is 2.93 bits per heavy atom. The van der Waals surface area contributed by atoms with Gasteiger partial charge in [-0.3, -0.25) is 0 Å². The van der Waals surface area contributed by atoms with Gasteiger partial charge in [0.15, 0.2) is 11.5 Å². The fourth-order valence-corrected chi connectivity index (χ4v) is 1.22. The van der Waals surface area contributed by atoms with Gasteiger partial charge in [-0.15, -0.1) is 0 Å². The van der Waals surface area contributed by atoms with Crippen molar-refractivity contribution in [1.29, 1.82) is 0 Å². The van der Waals surface area contributed by atoms with Crippen LogP contribution in [0.4, 0.5) is 0 Å². The molecular formula is C10H10O4. The molecule has 1 aromatic carbocycles. The Morgan fingerprint density at radius 2 is 2.29 bits per heavy atom. The van der Waals surface area contributed by atoms with Crippen molar-refractivity contribution in [2.24, 2.45) is 0 Å². The Hall–Kier alpha value is -1.71. The van der Waals surface area contributed by atoms with Crippen LogP contribution < -0.4 is 9.47 Å². The maximum Gasteiger partial charge on any atom is 0.339 e. The number of hydrogen-bond acceptors (Lipinski definition) is 3. The average Bonchev–Trinajstić information content (AvgIpc) is 2.92. The third kappa shape index (κ3) is 1.39. The first-order chi connectivity index (χ1) is 6.74. The number of hydrogen-bond donors (Lipinski definition) is 1. The van der Waals surface area contributed by atoms with E-state index in [1.807, 2.05) is 6.92 Å². The summed E-state index contributed by atoms with van der Waals surface area (Å²) in [6, 6.07) is 3.13. The molecule has 0 aliphatic carbocycles. The normalized spacial score (nSPS) is 11.5. The Labute approximate surface area is 81.1 Å². The molecule has 0 atom stereocenters. The monoisotopic (exact) mass is 194 g/mol. The maximum atomic E-state index is 10.7. The molecular weight excluding hydrogens is 184 g/mol. The lowest BCUT2D eigenvalue weighted by molar-refractivity contribution is 0.0696. The molecule has 0 aromatic heterocycles. The predicted molar refractivity (Wildman–Crippen MR) is 49.3 cm³/mol. The molecule has 0 fully saturated rings. The smallest absolute Gasteiger partial charge is 0.339 e. The van der Waals surface area contributed by atoms with Crippen molar-refractivity contribution in [3.8, 4) is 17.2 Å². The molecule has 0 amide bonds. The van der Waals surface area contributed by atoms with Crippen LogP contribution >= 0.6 is 0 Å². The van der Waals surface area contributed by atoms with Gasteiger partial charge < -0.3 is 14.6 Å². The molecule has 0 saturated heterocycles. The largest absolute Gasteiger partial charge is 0.490 e. The number of carboxylic acid groups (broad SMARTS) is 1. The van der Waals surface area contributed by atoms with Gasteiger partial charge in [0.25, 0.3) is 0 Å². The average molecular weight is 194 g/mol. The lowest BCUT2D eigenvalue weighted by atomic mass is 10.2. The lowest BCUT2D eigenvalue weighted by Crippen LogP contribution is -1.95. The zero-order valence-corrected chi connectivity index (χ0v) is 7.74. The molecule has 0 radical (unpaired) electrons. The quantitative estimate of drug-likeness (QED) is 0.758. The first-order valence-corrected chi connectivity index (χ1v) is 4.45. The highest BCUT2D eigenvalue weighted by Gasteiger charge is 2.32. The fourth-order valence-electron chi connectivity index (χ4n) is 1.22. The molecule has 1 N–H and O–H groups in total. The van der Waals surface area contributed by atoms with Gasteiger partial charge in [0.05, 0.1) is 6.61 Å². The summed E-state index contributed by atoms with van der Waals surface area (Å²) in [5, 5.41) is 8.75. The number of benzene rings is 1. The van der Waals surface area contributed by atoms with Crippen LogP contribution in [0.25, 0.3) is 0 Å². The number of ether oxygens (including phenoxy) is 2. The van der Waals surface area contributed by atoms with E-state index in [0.29, 0.717) is 23.9 Å². The molecule has 1 heterocycles. The highest BCUT2D eigenvalue weighted by Crippen LogP contribution is 2.54. The van der Waals surface area contributed by atoms with Gasteiger partial charge in [0, 0.05) is 0 Å². The van der Waals surface area contributed by atoms with E-state index in [2.05, 4.69) is 0 Å². The van der Waals surface area contributed by atoms with E-state index in [9.17, 15) is 4.79 Å². The van der Waals surface area contributed by atoms with E-state index >= 15 is 0 Å². The maximum absolute atomic E-state index is 10.7. The number of rotatable bonds is 4. The molecule has 0 saturated carbocycles. The van der Waals surface area contributed by atoms with Crippen LogP contribution in [0, 0.1) is 0 Å². The second-order valence-corrected chi connectivity index (χ2v) is 3.03. The van der Waals surface area contributed by atoms with Crippen molar-refractivity contribution in [2.45, 2.75) is 13.3 Å². The van der Waals surface area contributed by atoms with Crippen LogP contribution in [-0.2, 0) is 0 Å². The van der Waals surface area contributed by atoms with Crippen molar-refractivity contribution in [3.05, 3.63) is 17.7 Å². The third-order valence-electron chi connectivity index (χ3n) is 1.93. The summed E-state index contributed by atoms with van der Waals surface area (Å²) in [5.41, 5.74) is 0.198. The molecule has 74 valence electrons. The number of carbonyl (C=O) groups is 1. The highest BCUT2D eigenvalue weighted by atomic mass is 16.6. The molecule has 1 aromatic rings.